The molecule has 1 N–H and O–H groups in total. The van der Waals surface area contributed by atoms with Crippen molar-refractivity contribution in [2.45, 2.75) is 77.7 Å². The first kappa shape index (κ1) is 16.0. The number of carbonyl (C=O) groups is 1. The first-order valence-corrected chi connectivity index (χ1v) is 7.98. The Morgan fingerprint density at radius 2 is 2.05 bits per heavy atom. The normalized spacial score (nSPS) is 23.0. The molecular formula is C16H27N3O2. The van der Waals surface area contributed by atoms with Gasteiger partial charge in [0.2, 0.25) is 11.8 Å². The number of nitrogens with one attached hydrogen (secondary N) is 1. The van der Waals surface area contributed by atoms with Gasteiger partial charge in [-0.05, 0) is 18.8 Å². The van der Waals surface area contributed by atoms with Crippen LogP contribution in [0, 0.1) is 5.92 Å². The number of amides is 1. The van der Waals surface area contributed by atoms with E-state index in [0.29, 0.717) is 36.5 Å². The molecule has 0 unspecified atom stereocenters. The molecule has 1 heterocycles. The van der Waals surface area contributed by atoms with Crippen molar-refractivity contribution < 1.29 is 9.32 Å². The first-order valence-electron chi connectivity index (χ1n) is 7.98. The molecule has 21 heavy (non-hydrogen) atoms. The molecule has 118 valence electrons. The average Bonchev–Trinajstić information content (AvgIpc) is 2.88. The third kappa shape index (κ3) is 4.55. The maximum absolute atomic E-state index is 12.0. The van der Waals surface area contributed by atoms with Crippen LogP contribution >= 0.6 is 0 Å². The zero-order valence-electron chi connectivity index (χ0n) is 13.6. The van der Waals surface area contributed by atoms with Gasteiger partial charge in [0.25, 0.3) is 0 Å². The average molecular weight is 293 g/mol. The molecule has 1 aliphatic carbocycles. The Hall–Kier alpha value is -1.39. The number of hydrogen-bond donors (Lipinski definition) is 1. The van der Waals surface area contributed by atoms with E-state index in [1.54, 1.807) is 0 Å². The summed E-state index contributed by atoms with van der Waals surface area (Å²) in [6.07, 6.45) is 5.73. The van der Waals surface area contributed by atoms with E-state index in [1.165, 1.54) is 19.3 Å². The number of carbonyl (C=O) groups excluding carboxylic acids is 1. The van der Waals surface area contributed by atoms with E-state index in [4.69, 9.17) is 4.52 Å². The maximum atomic E-state index is 12.0. The minimum absolute atomic E-state index is 0.0873. The number of rotatable bonds is 4. The Kier molecular flexibility index (Phi) is 5.01. The maximum Gasteiger partial charge on any atom is 0.227 e. The summed E-state index contributed by atoms with van der Waals surface area (Å²) >= 11 is 0. The number of nitrogens with zero attached hydrogens (tertiary/aromatic N) is 2. The molecule has 2 atom stereocenters. The molecule has 0 aliphatic heterocycles. The van der Waals surface area contributed by atoms with Gasteiger partial charge in [-0.1, -0.05) is 45.7 Å². The van der Waals surface area contributed by atoms with Crippen molar-refractivity contribution in [1.82, 2.24) is 15.5 Å². The predicted molar refractivity (Wildman–Crippen MR) is 80.9 cm³/mol. The molecule has 1 aromatic rings. The fourth-order valence-corrected chi connectivity index (χ4v) is 2.69. The molecular weight excluding hydrogens is 266 g/mol. The van der Waals surface area contributed by atoms with Crippen LogP contribution in [0.3, 0.4) is 0 Å². The summed E-state index contributed by atoms with van der Waals surface area (Å²) in [4.78, 5) is 16.4. The van der Waals surface area contributed by atoms with Crippen LogP contribution in [-0.4, -0.2) is 22.1 Å². The van der Waals surface area contributed by atoms with E-state index in [1.807, 2.05) is 20.8 Å². The molecule has 1 aromatic heterocycles. The lowest BCUT2D eigenvalue weighted by Gasteiger charge is -2.29. The summed E-state index contributed by atoms with van der Waals surface area (Å²) in [6, 6.07) is 0.332. The highest BCUT2D eigenvalue weighted by molar-refractivity contribution is 5.76. The second-order valence-electron chi connectivity index (χ2n) is 7.20. The molecule has 0 radical (unpaired) electrons. The van der Waals surface area contributed by atoms with Crippen molar-refractivity contribution in [2.24, 2.45) is 5.92 Å². The quantitative estimate of drug-likeness (QED) is 0.926. The van der Waals surface area contributed by atoms with Gasteiger partial charge in [0.15, 0.2) is 5.82 Å². The highest BCUT2D eigenvalue weighted by Gasteiger charge is 2.24. The number of aromatic nitrogens is 2. The topological polar surface area (TPSA) is 68.0 Å². The van der Waals surface area contributed by atoms with Gasteiger partial charge in [-0.15, -0.1) is 0 Å². The fourth-order valence-electron chi connectivity index (χ4n) is 2.69. The molecule has 1 fully saturated rings. The second kappa shape index (κ2) is 6.58. The molecule has 1 amide bonds. The lowest BCUT2D eigenvalue weighted by molar-refractivity contribution is -0.122. The molecule has 1 saturated carbocycles. The molecule has 0 spiro atoms. The van der Waals surface area contributed by atoms with Crippen molar-refractivity contribution in [3.05, 3.63) is 11.7 Å². The van der Waals surface area contributed by atoms with Crippen LogP contribution in [0.4, 0.5) is 0 Å². The van der Waals surface area contributed by atoms with E-state index >= 15 is 0 Å². The van der Waals surface area contributed by atoms with Crippen LogP contribution < -0.4 is 5.32 Å². The summed E-state index contributed by atoms with van der Waals surface area (Å²) in [5, 5.41) is 7.12. The molecule has 5 heteroatoms. The first-order chi connectivity index (χ1) is 9.86. The van der Waals surface area contributed by atoms with Gasteiger partial charge < -0.3 is 9.84 Å². The van der Waals surface area contributed by atoms with E-state index in [0.717, 1.165) is 6.42 Å². The lowest BCUT2D eigenvalue weighted by Crippen LogP contribution is -2.41. The van der Waals surface area contributed by atoms with Crippen molar-refractivity contribution in [1.29, 1.82) is 0 Å². The van der Waals surface area contributed by atoms with Gasteiger partial charge in [0.1, 0.15) is 0 Å². The van der Waals surface area contributed by atoms with Crippen LogP contribution in [0.2, 0.25) is 0 Å². The molecule has 5 nitrogen and oxygen atoms in total. The van der Waals surface area contributed by atoms with Gasteiger partial charge in [0, 0.05) is 24.3 Å². The van der Waals surface area contributed by atoms with Gasteiger partial charge in [0.05, 0.1) is 0 Å². The predicted octanol–water partition coefficient (Wildman–Crippen LogP) is 2.99. The van der Waals surface area contributed by atoms with Crippen LogP contribution in [0.25, 0.3) is 0 Å². The van der Waals surface area contributed by atoms with Gasteiger partial charge in [-0.3, -0.25) is 4.79 Å². The van der Waals surface area contributed by atoms with E-state index in [9.17, 15) is 4.79 Å². The van der Waals surface area contributed by atoms with E-state index in [-0.39, 0.29) is 11.3 Å². The summed E-state index contributed by atoms with van der Waals surface area (Å²) in [6.45, 7) is 8.34. The molecule has 2 rings (SSSR count). The minimum Gasteiger partial charge on any atom is -0.353 e. The van der Waals surface area contributed by atoms with Gasteiger partial charge >= 0.3 is 0 Å². The van der Waals surface area contributed by atoms with Crippen molar-refractivity contribution in [3.8, 4) is 0 Å². The van der Waals surface area contributed by atoms with Crippen LogP contribution in [0.5, 0.6) is 0 Å². The van der Waals surface area contributed by atoms with E-state index < -0.39 is 0 Å². The monoisotopic (exact) mass is 293 g/mol. The summed E-state index contributed by atoms with van der Waals surface area (Å²) in [7, 11) is 0. The Balaban J connectivity index is 1.80. The van der Waals surface area contributed by atoms with E-state index in [2.05, 4.69) is 22.4 Å². The van der Waals surface area contributed by atoms with Crippen LogP contribution in [-0.2, 0) is 16.6 Å². The van der Waals surface area contributed by atoms with Crippen molar-refractivity contribution >= 4 is 5.91 Å². The number of aryl methyl sites for hydroxylation is 1. The minimum atomic E-state index is -0.123. The molecule has 1 aliphatic rings. The zero-order valence-corrected chi connectivity index (χ0v) is 13.6. The second-order valence-corrected chi connectivity index (χ2v) is 7.20. The summed E-state index contributed by atoms with van der Waals surface area (Å²) < 4.78 is 5.21. The SMILES string of the molecule is C[C@H]1CCCC[C@@H]1NC(=O)CCc1nc(C(C)(C)C)no1. The Labute approximate surface area is 126 Å². The van der Waals surface area contributed by atoms with Gasteiger partial charge in [-0.2, -0.15) is 4.98 Å². The largest absolute Gasteiger partial charge is 0.353 e. The van der Waals surface area contributed by atoms with Crippen LogP contribution in [0.1, 0.15) is 71.5 Å². The van der Waals surface area contributed by atoms with Crippen molar-refractivity contribution in [3.63, 3.8) is 0 Å². The summed E-state index contributed by atoms with van der Waals surface area (Å²) in [5.74, 6) is 1.91. The smallest absolute Gasteiger partial charge is 0.227 e. The van der Waals surface area contributed by atoms with Gasteiger partial charge in [-0.25, -0.2) is 0 Å². The summed E-state index contributed by atoms with van der Waals surface area (Å²) in [5.41, 5.74) is -0.123. The standard InChI is InChI=1S/C16H27N3O2/c1-11-7-5-6-8-12(11)17-13(20)9-10-14-18-15(19-21-14)16(2,3)4/h11-12H,5-10H2,1-4H3,(H,17,20)/t11-,12-/m0/s1. The lowest BCUT2D eigenvalue weighted by atomic mass is 9.86. The fraction of sp³-hybridized carbons (Fsp3) is 0.812. The Morgan fingerprint density at radius 3 is 2.67 bits per heavy atom. The molecule has 0 saturated heterocycles. The van der Waals surface area contributed by atoms with Crippen LogP contribution in [0.15, 0.2) is 4.52 Å². The Morgan fingerprint density at radius 1 is 1.33 bits per heavy atom. The van der Waals surface area contributed by atoms with Crippen molar-refractivity contribution in [2.75, 3.05) is 0 Å². The Bertz CT molecular complexity index is 476. The molecule has 0 aromatic carbocycles. The third-order valence-corrected chi connectivity index (χ3v) is 4.16. The number of hydrogen-bond acceptors (Lipinski definition) is 4. The zero-order chi connectivity index (χ0) is 15.5. The molecule has 0 bridgehead atoms. The highest BCUT2D eigenvalue weighted by atomic mass is 16.5. The highest BCUT2D eigenvalue weighted by Crippen LogP contribution is 2.24. The third-order valence-electron chi connectivity index (χ3n) is 4.16.